The number of rotatable bonds is 16. The Morgan fingerprint density at radius 3 is 1.89 bits per heavy atom. The highest BCUT2D eigenvalue weighted by Gasteiger charge is 2.17. The Morgan fingerprint density at radius 1 is 0.852 bits per heavy atom. The highest BCUT2D eigenvalue weighted by molar-refractivity contribution is 5.73. The van der Waals surface area contributed by atoms with Gasteiger partial charge in [0.15, 0.2) is 0 Å². The highest BCUT2D eigenvalue weighted by atomic mass is 16.5. The topological polar surface area (TPSA) is 29.5 Å². The summed E-state index contributed by atoms with van der Waals surface area (Å²) in [5.74, 6) is 0.498. The molecule has 1 aromatic rings. The Kier molecular flexibility index (Phi) is 13.8. The Morgan fingerprint density at radius 2 is 1.37 bits per heavy atom. The second-order valence-electron chi connectivity index (χ2n) is 7.93. The fourth-order valence-electron chi connectivity index (χ4n) is 3.44. The van der Waals surface area contributed by atoms with Crippen molar-refractivity contribution in [1.82, 2.24) is 4.90 Å². The van der Waals surface area contributed by atoms with E-state index in [0.29, 0.717) is 12.2 Å². The molecule has 1 unspecified atom stereocenters. The van der Waals surface area contributed by atoms with E-state index in [-0.39, 0.29) is 12.0 Å². The summed E-state index contributed by atoms with van der Waals surface area (Å²) in [6.45, 7) is 2.27. The molecule has 0 spiro atoms. The number of hydrogen-bond acceptors (Lipinski definition) is 3. The van der Waals surface area contributed by atoms with Crippen LogP contribution in [-0.4, -0.2) is 31.0 Å². The van der Waals surface area contributed by atoms with Crippen molar-refractivity contribution in [1.29, 1.82) is 0 Å². The fraction of sp³-hybridized carbons (Fsp3) is 0.708. The monoisotopic (exact) mass is 375 g/mol. The number of nitrogens with zero attached hydrogens (tertiary/aromatic N) is 1. The first-order valence-corrected chi connectivity index (χ1v) is 11.1. The molecule has 3 heteroatoms. The van der Waals surface area contributed by atoms with Gasteiger partial charge in [-0.05, 0) is 32.6 Å². The van der Waals surface area contributed by atoms with Gasteiger partial charge >= 0.3 is 5.97 Å². The van der Waals surface area contributed by atoms with Crippen molar-refractivity contribution in [3.8, 4) is 5.75 Å². The maximum Gasteiger partial charge on any atom is 0.312 e. The smallest absolute Gasteiger partial charge is 0.312 e. The van der Waals surface area contributed by atoms with Crippen LogP contribution in [0.3, 0.4) is 0 Å². The van der Waals surface area contributed by atoms with E-state index in [4.69, 9.17) is 4.74 Å². The molecule has 0 heterocycles. The molecule has 0 N–H and O–H groups in total. The largest absolute Gasteiger partial charge is 0.426 e. The minimum atomic E-state index is -0.136. The lowest BCUT2D eigenvalue weighted by molar-refractivity contribution is -0.135. The van der Waals surface area contributed by atoms with Gasteiger partial charge in [-0.3, -0.25) is 4.79 Å². The summed E-state index contributed by atoms with van der Waals surface area (Å²) in [7, 11) is 4.11. The van der Waals surface area contributed by atoms with E-state index in [9.17, 15) is 4.79 Å². The second-order valence-corrected chi connectivity index (χ2v) is 7.93. The lowest BCUT2D eigenvalue weighted by atomic mass is 10.0. The first kappa shape index (κ1) is 23.7. The predicted molar refractivity (Wildman–Crippen MR) is 115 cm³/mol. The third-order valence-electron chi connectivity index (χ3n) is 5.25. The van der Waals surface area contributed by atoms with Crippen LogP contribution in [0.4, 0.5) is 0 Å². The molecule has 154 valence electrons. The van der Waals surface area contributed by atoms with E-state index in [1.807, 2.05) is 30.3 Å². The average Bonchev–Trinajstić information content (AvgIpc) is 2.65. The number of hydrogen-bond donors (Lipinski definition) is 0. The summed E-state index contributed by atoms with van der Waals surface area (Å²) in [5.41, 5.74) is 0. The SMILES string of the molecule is CCCCCCCCCCCCCC(CC(=O)Oc1ccccc1)N(C)C. The number of benzene rings is 1. The van der Waals surface area contributed by atoms with Crippen LogP contribution in [0, 0.1) is 0 Å². The van der Waals surface area contributed by atoms with E-state index in [1.54, 1.807) is 0 Å². The number of unbranched alkanes of at least 4 members (excludes halogenated alkanes) is 10. The zero-order valence-corrected chi connectivity index (χ0v) is 17.9. The van der Waals surface area contributed by atoms with E-state index >= 15 is 0 Å². The molecule has 0 fully saturated rings. The van der Waals surface area contributed by atoms with Crippen LogP contribution in [-0.2, 0) is 4.79 Å². The summed E-state index contributed by atoms with van der Waals surface area (Å²) >= 11 is 0. The van der Waals surface area contributed by atoms with Crippen LogP contribution in [0.5, 0.6) is 5.75 Å². The molecule has 0 bridgehead atoms. The van der Waals surface area contributed by atoms with Crippen molar-refractivity contribution in [2.45, 2.75) is 96.4 Å². The van der Waals surface area contributed by atoms with Crippen LogP contribution >= 0.6 is 0 Å². The number of ether oxygens (including phenoxy) is 1. The minimum absolute atomic E-state index is 0.136. The van der Waals surface area contributed by atoms with Gasteiger partial charge in [0, 0.05) is 6.04 Å². The number of carbonyl (C=O) groups excluding carboxylic acids is 1. The quantitative estimate of drug-likeness (QED) is 0.185. The number of carbonyl (C=O) groups is 1. The standard InChI is InChI=1S/C24H41NO2/c1-4-5-6-7-8-9-10-11-12-13-15-18-22(25(2)3)21-24(26)27-23-19-16-14-17-20-23/h14,16-17,19-20,22H,4-13,15,18,21H2,1-3H3. The lowest BCUT2D eigenvalue weighted by Crippen LogP contribution is -2.31. The highest BCUT2D eigenvalue weighted by Crippen LogP contribution is 2.16. The molecule has 0 amide bonds. The zero-order chi connectivity index (χ0) is 19.7. The lowest BCUT2D eigenvalue weighted by Gasteiger charge is -2.23. The van der Waals surface area contributed by atoms with Gasteiger partial charge in [0.2, 0.25) is 0 Å². The molecule has 0 saturated heterocycles. The molecule has 0 aliphatic rings. The van der Waals surface area contributed by atoms with Gasteiger partial charge in [-0.25, -0.2) is 0 Å². The Balaban J connectivity index is 2.08. The van der Waals surface area contributed by atoms with Crippen LogP contribution in [0.25, 0.3) is 0 Å². The summed E-state index contributed by atoms with van der Waals surface area (Å²) < 4.78 is 5.44. The summed E-state index contributed by atoms with van der Waals surface area (Å²) in [6.07, 6.45) is 16.4. The van der Waals surface area contributed by atoms with Crippen molar-refractivity contribution in [2.24, 2.45) is 0 Å². The average molecular weight is 376 g/mol. The van der Waals surface area contributed by atoms with Gasteiger partial charge in [0.25, 0.3) is 0 Å². The maximum absolute atomic E-state index is 12.2. The van der Waals surface area contributed by atoms with E-state index < -0.39 is 0 Å². The molecular weight excluding hydrogens is 334 g/mol. The minimum Gasteiger partial charge on any atom is -0.426 e. The molecule has 0 radical (unpaired) electrons. The van der Waals surface area contributed by atoms with Crippen LogP contribution in [0.1, 0.15) is 90.4 Å². The molecule has 1 atom stereocenters. The summed E-state index contributed by atoms with van der Waals surface area (Å²) in [5, 5.41) is 0. The van der Waals surface area contributed by atoms with E-state index in [0.717, 1.165) is 6.42 Å². The van der Waals surface area contributed by atoms with Crippen LogP contribution in [0.15, 0.2) is 30.3 Å². The fourth-order valence-corrected chi connectivity index (χ4v) is 3.44. The van der Waals surface area contributed by atoms with Gasteiger partial charge in [0.05, 0.1) is 6.42 Å². The second kappa shape index (κ2) is 15.7. The van der Waals surface area contributed by atoms with Gasteiger partial charge in [0.1, 0.15) is 5.75 Å². The molecule has 1 rings (SSSR count). The number of para-hydroxylation sites is 1. The van der Waals surface area contributed by atoms with Crippen LogP contribution in [0.2, 0.25) is 0 Å². The molecule has 1 aromatic carbocycles. The Bertz CT molecular complexity index is 473. The van der Waals surface area contributed by atoms with Crippen molar-refractivity contribution in [3.05, 3.63) is 30.3 Å². The zero-order valence-electron chi connectivity index (χ0n) is 17.9. The Hall–Kier alpha value is -1.35. The van der Waals surface area contributed by atoms with Crippen molar-refractivity contribution < 1.29 is 9.53 Å². The molecule has 0 aromatic heterocycles. The first-order chi connectivity index (χ1) is 13.1. The van der Waals surface area contributed by atoms with Gasteiger partial charge in [-0.2, -0.15) is 0 Å². The molecule has 0 saturated carbocycles. The number of esters is 1. The van der Waals surface area contributed by atoms with Gasteiger partial charge < -0.3 is 9.64 Å². The van der Waals surface area contributed by atoms with Crippen LogP contribution < -0.4 is 4.74 Å². The van der Waals surface area contributed by atoms with Gasteiger partial charge in [-0.15, -0.1) is 0 Å². The molecule has 0 aliphatic heterocycles. The van der Waals surface area contributed by atoms with E-state index in [1.165, 1.54) is 70.6 Å². The van der Waals surface area contributed by atoms with Crippen molar-refractivity contribution >= 4 is 5.97 Å². The summed E-state index contributed by atoms with van der Waals surface area (Å²) in [6, 6.07) is 9.61. The first-order valence-electron chi connectivity index (χ1n) is 11.1. The molecule has 3 nitrogen and oxygen atoms in total. The predicted octanol–water partition coefficient (Wildman–Crippen LogP) is 6.61. The molecule has 0 aliphatic carbocycles. The third-order valence-corrected chi connectivity index (χ3v) is 5.25. The Labute approximate surface area is 167 Å². The van der Waals surface area contributed by atoms with E-state index in [2.05, 4.69) is 25.9 Å². The molecule has 27 heavy (non-hydrogen) atoms. The molecular formula is C24H41NO2. The van der Waals surface area contributed by atoms with Gasteiger partial charge in [-0.1, -0.05) is 95.8 Å². The normalized spacial score (nSPS) is 12.3. The maximum atomic E-state index is 12.2. The summed E-state index contributed by atoms with van der Waals surface area (Å²) in [4.78, 5) is 14.3. The third kappa shape index (κ3) is 12.6. The van der Waals surface area contributed by atoms with Crippen molar-refractivity contribution in [3.63, 3.8) is 0 Å². The van der Waals surface area contributed by atoms with Crippen molar-refractivity contribution in [2.75, 3.05) is 14.1 Å².